The number of hydrogen-bond acceptors (Lipinski definition) is 15. The molecule has 0 aliphatic rings. The van der Waals surface area contributed by atoms with Gasteiger partial charge in [0.15, 0.2) is 12.2 Å². The van der Waals surface area contributed by atoms with E-state index in [1.54, 1.807) is 0 Å². The Morgan fingerprint density at radius 1 is 0.263 bits per heavy atom. The van der Waals surface area contributed by atoms with Crippen LogP contribution in [0.5, 0.6) is 0 Å². The Hall–Kier alpha value is -1.94. The number of rotatable bonds is 73. The van der Waals surface area contributed by atoms with Gasteiger partial charge in [0, 0.05) is 25.7 Å². The number of aliphatic hydroxyl groups excluding tert-OH is 1. The quantitative estimate of drug-likeness (QED) is 0.0222. The smallest absolute Gasteiger partial charge is 0.462 e. The summed E-state index contributed by atoms with van der Waals surface area (Å²) in [5.41, 5.74) is 0. The Kier molecular flexibility index (Phi) is 64.0. The number of phosphoric acid groups is 2. The zero-order chi connectivity index (χ0) is 70.3. The maximum Gasteiger partial charge on any atom is 0.472 e. The van der Waals surface area contributed by atoms with E-state index in [2.05, 4.69) is 55.4 Å². The minimum absolute atomic E-state index is 0.102. The number of aliphatic hydroxyl groups is 1. The summed E-state index contributed by atoms with van der Waals surface area (Å²) in [5, 5.41) is 10.6. The number of carbonyl (C=O) groups excluding carboxylic acids is 4. The molecule has 564 valence electrons. The first-order valence-electron chi connectivity index (χ1n) is 39.2. The summed E-state index contributed by atoms with van der Waals surface area (Å²) in [4.78, 5) is 72.7. The predicted octanol–water partition coefficient (Wildman–Crippen LogP) is 22.0. The number of unbranched alkanes of at least 4 members (excludes halogenated alkanes) is 39. The second kappa shape index (κ2) is 65.4. The topological polar surface area (TPSA) is 237 Å². The molecule has 19 heteroatoms. The molecule has 0 saturated carbocycles. The summed E-state index contributed by atoms with van der Waals surface area (Å²) in [5.74, 6) is 0.858. The highest BCUT2D eigenvalue weighted by atomic mass is 31.2. The van der Waals surface area contributed by atoms with Crippen molar-refractivity contribution in [2.75, 3.05) is 39.6 Å². The average Bonchev–Trinajstić information content (AvgIpc) is 1.41. The van der Waals surface area contributed by atoms with Gasteiger partial charge in [-0.3, -0.25) is 37.3 Å². The molecule has 0 saturated heterocycles. The predicted molar refractivity (Wildman–Crippen MR) is 386 cm³/mol. The van der Waals surface area contributed by atoms with Crippen LogP contribution in [0.1, 0.15) is 383 Å². The van der Waals surface area contributed by atoms with Crippen molar-refractivity contribution >= 4 is 39.5 Å². The third-order valence-corrected chi connectivity index (χ3v) is 19.5. The van der Waals surface area contributed by atoms with Crippen LogP contribution in [-0.2, 0) is 65.4 Å². The van der Waals surface area contributed by atoms with Crippen LogP contribution in [-0.4, -0.2) is 96.7 Å². The van der Waals surface area contributed by atoms with E-state index in [4.69, 9.17) is 37.0 Å². The van der Waals surface area contributed by atoms with Crippen LogP contribution in [0.2, 0.25) is 0 Å². The van der Waals surface area contributed by atoms with Crippen LogP contribution < -0.4 is 0 Å². The first-order chi connectivity index (χ1) is 45.6. The van der Waals surface area contributed by atoms with Gasteiger partial charge in [0.2, 0.25) is 0 Å². The number of esters is 4. The molecule has 95 heavy (non-hydrogen) atoms. The lowest BCUT2D eigenvalue weighted by atomic mass is 10.0. The molecule has 0 aromatic rings. The van der Waals surface area contributed by atoms with Gasteiger partial charge in [-0.15, -0.1) is 0 Å². The SMILES string of the molecule is CC(C)CCCCCCCCCCCCCCCCCCC(=O)OC[C@H](COP(=O)(O)OC[C@@H](O)COP(=O)(O)OC[C@@H](COC(=O)CCCCCCCCC(C)C)OC(=O)CCCCCCCCCC(C)C)OC(=O)CCCCCCCCCCCCCCCCC(C)C. The molecule has 0 aromatic carbocycles. The molecule has 0 amide bonds. The lowest BCUT2D eigenvalue weighted by molar-refractivity contribution is -0.161. The number of ether oxygens (including phenoxy) is 4. The van der Waals surface area contributed by atoms with Crippen LogP contribution in [0.25, 0.3) is 0 Å². The highest BCUT2D eigenvalue weighted by molar-refractivity contribution is 7.47. The van der Waals surface area contributed by atoms with Gasteiger partial charge in [0.1, 0.15) is 19.3 Å². The molecule has 5 atom stereocenters. The van der Waals surface area contributed by atoms with Crippen molar-refractivity contribution in [1.82, 2.24) is 0 Å². The molecule has 0 rings (SSSR count). The number of carbonyl (C=O) groups is 4. The average molecular weight is 1400 g/mol. The fourth-order valence-electron chi connectivity index (χ4n) is 11.6. The summed E-state index contributed by atoms with van der Waals surface area (Å²) in [6, 6.07) is 0. The lowest BCUT2D eigenvalue weighted by Gasteiger charge is -2.21. The maximum atomic E-state index is 13.1. The van der Waals surface area contributed by atoms with Crippen molar-refractivity contribution < 1.29 is 80.2 Å². The van der Waals surface area contributed by atoms with Gasteiger partial charge < -0.3 is 33.8 Å². The highest BCUT2D eigenvalue weighted by Gasteiger charge is 2.30. The normalized spacial score (nSPS) is 14.1. The third-order valence-electron chi connectivity index (χ3n) is 17.6. The fraction of sp³-hybridized carbons (Fsp3) is 0.947. The molecular formula is C76H148O17P2. The van der Waals surface area contributed by atoms with E-state index in [1.165, 1.54) is 180 Å². The fourth-order valence-corrected chi connectivity index (χ4v) is 13.1. The zero-order valence-corrected chi connectivity index (χ0v) is 64.1. The van der Waals surface area contributed by atoms with E-state index in [-0.39, 0.29) is 25.7 Å². The molecule has 0 aliphatic carbocycles. The number of phosphoric ester groups is 2. The Morgan fingerprint density at radius 2 is 0.442 bits per heavy atom. The van der Waals surface area contributed by atoms with Gasteiger partial charge in [0.05, 0.1) is 26.4 Å². The summed E-state index contributed by atoms with van der Waals surface area (Å²) in [6.07, 6.45) is 50.3. The van der Waals surface area contributed by atoms with Gasteiger partial charge >= 0.3 is 39.5 Å². The second-order valence-electron chi connectivity index (χ2n) is 29.3. The van der Waals surface area contributed by atoms with Gasteiger partial charge in [-0.2, -0.15) is 0 Å². The van der Waals surface area contributed by atoms with Crippen LogP contribution in [0, 0.1) is 23.7 Å². The van der Waals surface area contributed by atoms with Crippen molar-refractivity contribution in [3.63, 3.8) is 0 Å². The molecule has 0 fully saturated rings. The monoisotopic (exact) mass is 1400 g/mol. The van der Waals surface area contributed by atoms with E-state index in [1.807, 2.05) is 0 Å². The van der Waals surface area contributed by atoms with Crippen LogP contribution >= 0.6 is 15.6 Å². The van der Waals surface area contributed by atoms with Gasteiger partial charge in [-0.25, -0.2) is 9.13 Å². The van der Waals surface area contributed by atoms with Crippen molar-refractivity contribution in [3.05, 3.63) is 0 Å². The Bertz CT molecular complexity index is 1870. The summed E-state index contributed by atoms with van der Waals surface area (Å²) in [6.45, 7) is 14.1. The van der Waals surface area contributed by atoms with Crippen molar-refractivity contribution in [1.29, 1.82) is 0 Å². The minimum Gasteiger partial charge on any atom is -0.462 e. The molecule has 0 bridgehead atoms. The van der Waals surface area contributed by atoms with E-state index in [9.17, 15) is 43.2 Å². The minimum atomic E-state index is -4.96. The standard InChI is InChI=1S/C76H148O17P2/c1-66(2)52-44-36-28-23-19-15-11-9-10-12-17-21-25-31-40-48-56-73(78)86-62-71(92-75(80)58-50-42-32-26-22-18-14-13-16-20-24-29-37-45-53-67(3)4)64-90-94(82,83)88-60-70(77)61-89-95(84,85)91-65-72(63-87-74(79)57-49-41-35-34-39-47-55-69(7)8)93-76(81)59-51-43-33-27-30-38-46-54-68(5)6/h66-72,77H,9-65H2,1-8H3,(H,82,83)(H,84,85)/t70-,71-,72-/m1/s1. The first-order valence-corrected chi connectivity index (χ1v) is 42.2. The summed E-state index contributed by atoms with van der Waals surface area (Å²) >= 11 is 0. The van der Waals surface area contributed by atoms with Crippen molar-refractivity contribution in [2.24, 2.45) is 23.7 Å². The summed E-state index contributed by atoms with van der Waals surface area (Å²) < 4.78 is 68.4. The molecule has 0 heterocycles. The molecular weight excluding hydrogens is 1250 g/mol. The Balaban J connectivity index is 5.20. The van der Waals surface area contributed by atoms with Crippen LogP contribution in [0.15, 0.2) is 0 Å². The second-order valence-corrected chi connectivity index (χ2v) is 32.2. The van der Waals surface area contributed by atoms with Crippen molar-refractivity contribution in [2.45, 2.75) is 401 Å². The Labute approximate surface area is 581 Å². The molecule has 0 aromatic heterocycles. The Morgan fingerprint density at radius 3 is 0.653 bits per heavy atom. The van der Waals surface area contributed by atoms with Gasteiger partial charge in [-0.05, 0) is 49.4 Å². The zero-order valence-electron chi connectivity index (χ0n) is 62.3. The molecule has 3 N–H and O–H groups in total. The first kappa shape index (κ1) is 93.1. The van der Waals surface area contributed by atoms with E-state index in [0.29, 0.717) is 37.5 Å². The highest BCUT2D eigenvalue weighted by Crippen LogP contribution is 2.45. The number of hydrogen-bond donors (Lipinski definition) is 3. The van der Waals surface area contributed by atoms with E-state index >= 15 is 0 Å². The molecule has 0 aliphatic heterocycles. The molecule has 17 nitrogen and oxygen atoms in total. The summed E-state index contributed by atoms with van der Waals surface area (Å²) in [7, 11) is -9.91. The molecule has 2 unspecified atom stereocenters. The largest absolute Gasteiger partial charge is 0.472 e. The van der Waals surface area contributed by atoms with Crippen LogP contribution in [0.3, 0.4) is 0 Å². The van der Waals surface area contributed by atoms with E-state index in [0.717, 1.165) is 108 Å². The van der Waals surface area contributed by atoms with Gasteiger partial charge in [-0.1, -0.05) is 331 Å². The third kappa shape index (κ3) is 70.3. The van der Waals surface area contributed by atoms with Crippen LogP contribution in [0.4, 0.5) is 0 Å². The van der Waals surface area contributed by atoms with Gasteiger partial charge in [0.25, 0.3) is 0 Å². The molecule has 0 radical (unpaired) electrons. The van der Waals surface area contributed by atoms with Crippen molar-refractivity contribution in [3.8, 4) is 0 Å². The maximum absolute atomic E-state index is 13.1. The van der Waals surface area contributed by atoms with E-state index < -0.39 is 97.5 Å². The lowest BCUT2D eigenvalue weighted by Crippen LogP contribution is -2.30. The molecule has 0 spiro atoms.